The van der Waals surface area contributed by atoms with Gasteiger partial charge in [0.2, 0.25) is 0 Å². The van der Waals surface area contributed by atoms with E-state index in [1.807, 2.05) is 12.1 Å². The van der Waals surface area contributed by atoms with Gasteiger partial charge in [-0.3, -0.25) is 0 Å². The molecule has 21 heavy (non-hydrogen) atoms. The van der Waals surface area contributed by atoms with Crippen molar-refractivity contribution in [1.82, 2.24) is 0 Å². The number of aliphatic hydroxyl groups excluding tert-OH is 1. The maximum absolute atomic E-state index is 12.7. The standard InChI is InChI=1S/C15H13BrF3NO/c16-12-6-1-2-7-13(12)20-14(9-21)10-4-3-5-11(8-10)15(17,18)19/h1-8,14,20-21H,9H2. The van der Waals surface area contributed by atoms with Gasteiger partial charge in [-0.25, -0.2) is 0 Å². The monoisotopic (exact) mass is 359 g/mol. The third kappa shape index (κ3) is 3.98. The van der Waals surface area contributed by atoms with E-state index in [2.05, 4.69) is 21.2 Å². The van der Waals surface area contributed by atoms with E-state index in [4.69, 9.17) is 0 Å². The number of rotatable bonds is 4. The number of anilines is 1. The average Bonchev–Trinajstić information content (AvgIpc) is 2.46. The summed E-state index contributed by atoms with van der Waals surface area (Å²) in [7, 11) is 0. The lowest BCUT2D eigenvalue weighted by Crippen LogP contribution is -2.16. The lowest BCUT2D eigenvalue weighted by atomic mass is 10.0. The predicted molar refractivity (Wildman–Crippen MR) is 79.0 cm³/mol. The molecule has 0 fully saturated rings. The lowest BCUT2D eigenvalue weighted by molar-refractivity contribution is -0.137. The molecule has 1 unspecified atom stereocenters. The first-order chi connectivity index (χ1) is 9.91. The molecule has 0 saturated heterocycles. The van der Waals surface area contributed by atoms with Crippen LogP contribution in [0.4, 0.5) is 18.9 Å². The van der Waals surface area contributed by atoms with Gasteiger partial charge in [0, 0.05) is 10.2 Å². The second-order valence-electron chi connectivity index (χ2n) is 4.48. The summed E-state index contributed by atoms with van der Waals surface area (Å²) in [5.41, 5.74) is 0.351. The molecule has 0 bridgehead atoms. The molecular formula is C15H13BrF3NO. The molecule has 0 radical (unpaired) electrons. The Morgan fingerprint density at radius 3 is 2.43 bits per heavy atom. The third-order valence-electron chi connectivity index (χ3n) is 3.00. The van der Waals surface area contributed by atoms with Crippen molar-refractivity contribution in [1.29, 1.82) is 0 Å². The molecule has 2 rings (SSSR count). The highest BCUT2D eigenvalue weighted by atomic mass is 79.9. The number of hydrogen-bond acceptors (Lipinski definition) is 2. The zero-order chi connectivity index (χ0) is 15.5. The van der Waals surface area contributed by atoms with Gasteiger partial charge in [-0.2, -0.15) is 13.2 Å². The molecule has 6 heteroatoms. The molecule has 2 aromatic carbocycles. The Kier molecular flexibility index (Phi) is 4.90. The number of aliphatic hydroxyl groups is 1. The molecule has 0 amide bonds. The predicted octanol–water partition coefficient (Wildman–Crippen LogP) is 4.61. The fourth-order valence-electron chi connectivity index (χ4n) is 1.93. The van der Waals surface area contributed by atoms with E-state index in [1.54, 1.807) is 18.2 Å². The molecule has 1 atom stereocenters. The topological polar surface area (TPSA) is 32.3 Å². The van der Waals surface area contributed by atoms with Gasteiger partial charge in [0.1, 0.15) is 0 Å². The van der Waals surface area contributed by atoms with Gasteiger partial charge in [-0.1, -0.05) is 24.3 Å². The van der Waals surface area contributed by atoms with E-state index in [0.29, 0.717) is 11.3 Å². The summed E-state index contributed by atoms with van der Waals surface area (Å²) >= 11 is 3.35. The highest BCUT2D eigenvalue weighted by molar-refractivity contribution is 9.10. The molecule has 0 heterocycles. The van der Waals surface area contributed by atoms with Crippen LogP contribution < -0.4 is 5.32 Å². The molecule has 0 spiro atoms. The molecule has 2 nitrogen and oxygen atoms in total. The Hall–Kier alpha value is -1.53. The molecule has 0 aliphatic rings. The first-order valence-electron chi connectivity index (χ1n) is 6.21. The minimum atomic E-state index is -4.40. The van der Waals surface area contributed by atoms with Gasteiger partial charge in [0.25, 0.3) is 0 Å². The largest absolute Gasteiger partial charge is 0.416 e. The Balaban J connectivity index is 2.28. The molecule has 0 saturated carbocycles. The van der Waals surface area contributed by atoms with Gasteiger partial charge in [-0.05, 0) is 45.8 Å². The summed E-state index contributed by atoms with van der Waals surface area (Å²) in [6.45, 7) is -0.317. The summed E-state index contributed by atoms with van der Waals surface area (Å²) in [6.07, 6.45) is -4.40. The number of nitrogens with one attached hydrogen (secondary N) is 1. The summed E-state index contributed by atoms with van der Waals surface area (Å²) in [5.74, 6) is 0. The second-order valence-corrected chi connectivity index (χ2v) is 5.34. The van der Waals surface area contributed by atoms with Crippen LogP contribution in [0.2, 0.25) is 0 Å². The second kappa shape index (κ2) is 6.49. The van der Waals surface area contributed by atoms with E-state index in [0.717, 1.165) is 16.6 Å². The quantitative estimate of drug-likeness (QED) is 0.835. The number of halogens is 4. The highest BCUT2D eigenvalue weighted by Crippen LogP contribution is 2.32. The SMILES string of the molecule is OCC(Nc1ccccc1Br)c1cccc(C(F)(F)F)c1. The van der Waals surface area contributed by atoms with Crippen LogP contribution >= 0.6 is 15.9 Å². The Bertz CT molecular complexity index is 616. The number of benzene rings is 2. The van der Waals surface area contributed by atoms with Gasteiger partial charge < -0.3 is 10.4 Å². The molecule has 112 valence electrons. The van der Waals surface area contributed by atoms with E-state index in [9.17, 15) is 18.3 Å². The maximum Gasteiger partial charge on any atom is 0.416 e. The van der Waals surface area contributed by atoms with Crippen molar-refractivity contribution < 1.29 is 18.3 Å². The summed E-state index contributed by atoms with van der Waals surface area (Å²) in [6, 6.07) is 11.5. The molecule has 0 aromatic heterocycles. The minimum absolute atomic E-state index is 0.317. The number of para-hydroxylation sites is 1. The normalized spacial score (nSPS) is 13.0. The summed E-state index contributed by atoms with van der Waals surface area (Å²) < 4.78 is 39.0. The van der Waals surface area contributed by atoms with Gasteiger partial charge in [0.15, 0.2) is 0 Å². The fraction of sp³-hybridized carbons (Fsp3) is 0.200. The van der Waals surface area contributed by atoms with Crippen molar-refractivity contribution in [3.8, 4) is 0 Å². The van der Waals surface area contributed by atoms with E-state index >= 15 is 0 Å². The van der Waals surface area contributed by atoms with Crippen LogP contribution in [0.25, 0.3) is 0 Å². The van der Waals surface area contributed by atoms with Crippen molar-refractivity contribution in [2.75, 3.05) is 11.9 Å². The zero-order valence-corrected chi connectivity index (χ0v) is 12.4. The van der Waals surface area contributed by atoms with Crippen LogP contribution in [0.5, 0.6) is 0 Å². The van der Waals surface area contributed by atoms with Crippen LogP contribution in [0.15, 0.2) is 53.0 Å². The van der Waals surface area contributed by atoms with Crippen LogP contribution in [0.3, 0.4) is 0 Å². The lowest BCUT2D eigenvalue weighted by Gasteiger charge is -2.20. The first kappa shape index (κ1) is 15.9. The number of alkyl halides is 3. The summed E-state index contributed by atoms with van der Waals surface area (Å²) in [4.78, 5) is 0. The zero-order valence-electron chi connectivity index (χ0n) is 10.9. The average molecular weight is 360 g/mol. The van der Waals surface area contributed by atoms with Crippen molar-refractivity contribution in [3.63, 3.8) is 0 Å². The maximum atomic E-state index is 12.7. The molecule has 2 N–H and O–H groups in total. The smallest absolute Gasteiger partial charge is 0.394 e. The first-order valence-corrected chi connectivity index (χ1v) is 7.00. The molecule has 0 aliphatic heterocycles. The van der Waals surface area contributed by atoms with Crippen molar-refractivity contribution >= 4 is 21.6 Å². The summed E-state index contributed by atoms with van der Waals surface area (Å²) in [5, 5.41) is 12.5. The van der Waals surface area contributed by atoms with Gasteiger partial charge in [-0.15, -0.1) is 0 Å². The van der Waals surface area contributed by atoms with Crippen LogP contribution in [-0.2, 0) is 6.18 Å². The van der Waals surface area contributed by atoms with E-state index < -0.39 is 17.8 Å². The third-order valence-corrected chi connectivity index (χ3v) is 3.69. The van der Waals surface area contributed by atoms with E-state index in [1.165, 1.54) is 6.07 Å². The van der Waals surface area contributed by atoms with Gasteiger partial charge in [0.05, 0.1) is 18.2 Å². The molecule has 2 aromatic rings. The number of hydrogen-bond donors (Lipinski definition) is 2. The van der Waals surface area contributed by atoms with Crippen molar-refractivity contribution in [2.24, 2.45) is 0 Å². The van der Waals surface area contributed by atoms with Crippen molar-refractivity contribution in [3.05, 3.63) is 64.1 Å². The van der Waals surface area contributed by atoms with Crippen LogP contribution in [0, 0.1) is 0 Å². The minimum Gasteiger partial charge on any atom is -0.394 e. The Labute approximate surface area is 128 Å². The van der Waals surface area contributed by atoms with Crippen LogP contribution in [0.1, 0.15) is 17.2 Å². The highest BCUT2D eigenvalue weighted by Gasteiger charge is 2.31. The molecule has 0 aliphatic carbocycles. The van der Waals surface area contributed by atoms with Gasteiger partial charge >= 0.3 is 6.18 Å². The van der Waals surface area contributed by atoms with Crippen molar-refractivity contribution in [2.45, 2.75) is 12.2 Å². The van der Waals surface area contributed by atoms with E-state index in [-0.39, 0.29) is 6.61 Å². The Morgan fingerprint density at radius 1 is 1.10 bits per heavy atom. The molecular weight excluding hydrogens is 347 g/mol. The Morgan fingerprint density at radius 2 is 1.81 bits per heavy atom. The fourth-order valence-corrected chi connectivity index (χ4v) is 2.33. The van der Waals surface area contributed by atoms with Crippen LogP contribution in [-0.4, -0.2) is 11.7 Å².